The minimum atomic E-state index is -4.22. The second-order valence-corrected chi connectivity index (χ2v) is 11.8. The molecule has 214 valence electrons. The van der Waals surface area contributed by atoms with Gasteiger partial charge in [0.05, 0.1) is 17.7 Å². The lowest BCUT2D eigenvalue weighted by Gasteiger charge is -2.32. The first-order chi connectivity index (χ1) is 18.9. The number of rotatable bonds is 12. The zero-order chi connectivity index (χ0) is 29.4. The Kier molecular flexibility index (Phi) is 10.3. The molecule has 40 heavy (non-hydrogen) atoms. The summed E-state index contributed by atoms with van der Waals surface area (Å²) in [5.74, 6) is -1.05. The number of hydrogen-bond donors (Lipinski definition) is 1. The summed E-state index contributed by atoms with van der Waals surface area (Å²) >= 11 is 0. The summed E-state index contributed by atoms with van der Waals surface area (Å²) in [6, 6.07) is 17.6. The first kappa shape index (κ1) is 30.6. The second-order valence-electron chi connectivity index (χ2n) is 9.95. The number of carbonyl (C=O) groups is 2. The third kappa shape index (κ3) is 7.59. The lowest BCUT2D eigenvalue weighted by Crippen LogP contribution is -2.51. The van der Waals surface area contributed by atoms with Crippen molar-refractivity contribution in [2.45, 2.75) is 45.2 Å². The van der Waals surface area contributed by atoms with Crippen LogP contribution in [0.15, 0.2) is 77.7 Å². The van der Waals surface area contributed by atoms with E-state index in [2.05, 4.69) is 5.32 Å². The van der Waals surface area contributed by atoms with E-state index in [0.717, 1.165) is 9.87 Å². The number of aryl methyl sites for hydroxylation is 1. The molecule has 0 aromatic heterocycles. The second kappa shape index (κ2) is 13.4. The number of amides is 2. The maximum absolute atomic E-state index is 14.6. The molecule has 0 fully saturated rings. The average molecular weight is 570 g/mol. The smallest absolute Gasteiger partial charge is 0.264 e. The minimum absolute atomic E-state index is 0.00269. The van der Waals surface area contributed by atoms with E-state index in [-0.39, 0.29) is 28.6 Å². The van der Waals surface area contributed by atoms with Gasteiger partial charge < -0.3 is 15.0 Å². The highest BCUT2D eigenvalue weighted by molar-refractivity contribution is 7.92. The molecule has 3 aromatic rings. The van der Waals surface area contributed by atoms with Crippen molar-refractivity contribution in [3.63, 3.8) is 0 Å². The molecule has 0 radical (unpaired) electrons. The Morgan fingerprint density at radius 2 is 1.65 bits per heavy atom. The molecule has 3 rings (SSSR count). The number of halogens is 1. The van der Waals surface area contributed by atoms with Crippen molar-refractivity contribution >= 4 is 27.5 Å². The van der Waals surface area contributed by atoms with Gasteiger partial charge in [-0.1, -0.05) is 55.8 Å². The van der Waals surface area contributed by atoms with Crippen molar-refractivity contribution in [3.05, 3.63) is 89.7 Å². The Bertz CT molecular complexity index is 1430. The highest BCUT2D eigenvalue weighted by atomic mass is 32.2. The first-order valence-electron chi connectivity index (χ1n) is 13.0. The van der Waals surface area contributed by atoms with Crippen LogP contribution in [0.4, 0.5) is 10.1 Å². The molecule has 0 saturated heterocycles. The van der Waals surface area contributed by atoms with Gasteiger partial charge in [-0.05, 0) is 50.1 Å². The largest absolute Gasteiger partial charge is 0.497 e. The Labute approximate surface area is 235 Å². The van der Waals surface area contributed by atoms with Gasteiger partial charge in [-0.25, -0.2) is 12.8 Å². The molecule has 10 heteroatoms. The molecular formula is C30H36FN3O5S. The zero-order valence-corrected chi connectivity index (χ0v) is 24.2. The van der Waals surface area contributed by atoms with E-state index in [0.29, 0.717) is 12.3 Å². The molecule has 0 aliphatic carbocycles. The Morgan fingerprint density at radius 1 is 0.975 bits per heavy atom. The quantitative estimate of drug-likeness (QED) is 0.346. The van der Waals surface area contributed by atoms with Crippen molar-refractivity contribution in [1.82, 2.24) is 10.2 Å². The Balaban J connectivity index is 2.04. The summed E-state index contributed by atoms with van der Waals surface area (Å²) in [5, 5.41) is 2.80. The number of benzene rings is 3. The molecule has 1 atom stereocenters. The van der Waals surface area contributed by atoms with Gasteiger partial charge in [-0.15, -0.1) is 0 Å². The van der Waals surface area contributed by atoms with E-state index in [1.807, 2.05) is 20.8 Å². The van der Waals surface area contributed by atoms with Crippen molar-refractivity contribution in [2.75, 3.05) is 24.5 Å². The fourth-order valence-corrected chi connectivity index (χ4v) is 5.38. The average Bonchev–Trinajstić information content (AvgIpc) is 2.93. The topological polar surface area (TPSA) is 96.0 Å². The predicted molar refractivity (Wildman–Crippen MR) is 153 cm³/mol. The van der Waals surface area contributed by atoms with E-state index >= 15 is 0 Å². The van der Waals surface area contributed by atoms with Crippen LogP contribution < -0.4 is 14.4 Å². The van der Waals surface area contributed by atoms with Crippen LogP contribution in [0.5, 0.6) is 5.75 Å². The van der Waals surface area contributed by atoms with Crippen LogP contribution >= 0.6 is 0 Å². The molecule has 8 nitrogen and oxygen atoms in total. The van der Waals surface area contributed by atoms with Gasteiger partial charge in [-0.2, -0.15) is 0 Å². The number of sulfonamides is 1. The first-order valence-corrected chi connectivity index (χ1v) is 14.4. The van der Waals surface area contributed by atoms with Crippen molar-refractivity contribution < 1.29 is 27.1 Å². The highest BCUT2D eigenvalue weighted by Crippen LogP contribution is 2.28. The van der Waals surface area contributed by atoms with Gasteiger partial charge in [0.2, 0.25) is 11.8 Å². The van der Waals surface area contributed by atoms with Crippen molar-refractivity contribution in [3.8, 4) is 5.75 Å². The standard InChI is InChI=1S/C30H36FN3O5S/c1-21(2)18-32-30(36)23(4)33(19-24-9-6-7-12-28(24)31)29(35)20-34(25-10-8-11-26(17-25)39-5)40(37,38)27-15-13-22(3)14-16-27/h6-17,21,23H,18-20H2,1-5H3,(H,32,36)/t23-/m1/s1. The fourth-order valence-electron chi connectivity index (χ4n) is 3.98. The summed E-state index contributed by atoms with van der Waals surface area (Å²) in [6.45, 7) is 6.80. The van der Waals surface area contributed by atoms with E-state index in [9.17, 15) is 22.4 Å². The zero-order valence-electron chi connectivity index (χ0n) is 23.4. The van der Waals surface area contributed by atoms with Crippen LogP contribution in [0, 0.1) is 18.7 Å². The molecule has 0 spiro atoms. The molecule has 0 aliphatic heterocycles. The Hall–Kier alpha value is -3.92. The molecule has 3 aromatic carbocycles. The number of ether oxygens (including phenoxy) is 1. The third-order valence-electron chi connectivity index (χ3n) is 6.38. The van der Waals surface area contributed by atoms with Crippen LogP contribution in [0.3, 0.4) is 0 Å². The van der Waals surface area contributed by atoms with Crippen LogP contribution in [-0.4, -0.2) is 51.4 Å². The van der Waals surface area contributed by atoms with Gasteiger partial charge in [0, 0.05) is 24.7 Å². The number of nitrogens with one attached hydrogen (secondary N) is 1. The van der Waals surface area contributed by atoms with E-state index < -0.39 is 40.2 Å². The summed E-state index contributed by atoms with van der Waals surface area (Å²) in [7, 11) is -2.76. The van der Waals surface area contributed by atoms with Gasteiger partial charge >= 0.3 is 0 Å². The lowest BCUT2D eigenvalue weighted by molar-refractivity contribution is -0.139. The molecule has 1 N–H and O–H groups in total. The molecule has 0 heterocycles. The summed E-state index contributed by atoms with van der Waals surface area (Å²) in [5.41, 5.74) is 1.28. The van der Waals surface area contributed by atoms with Gasteiger partial charge in [-0.3, -0.25) is 13.9 Å². The molecule has 0 aliphatic rings. The predicted octanol–water partition coefficient (Wildman–Crippen LogP) is 4.53. The third-order valence-corrected chi connectivity index (χ3v) is 8.17. The summed E-state index contributed by atoms with van der Waals surface area (Å²) in [4.78, 5) is 28.1. The van der Waals surface area contributed by atoms with Crippen LogP contribution in [0.25, 0.3) is 0 Å². The normalized spacial score (nSPS) is 12.1. The van der Waals surface area contributed by atoms with Crippen molar-refractivity contribution in [1.29, 1.82) is 0 Å². The number of nitrogens with zero attached hydrogens (tertiary/aromatic N) is 2. The fraction of sp³-hybridized carbons (Fsp3) is 0.333. The maximum Gasteiger partial charge on any atom is 0.264 e. The van der Waals surface area contributed by atoms with E-state index in [1.165, 1.54) is 48.4 Å². The van der Waals surface area contributed by atoms with Crippen LogP contribution in [0.1, 0.15) is 31.9 Å². The van der Waals surface area contributed by atoms with Gasteiger partial charge in [0.25, 0.3) is 10.0 Å². The lowest BCUT2D eigenvalue weighted by atomic mass is 10.1. The van der Waals surface area contributed by atoms with Gasteiger partial charge in [0.1, 0.15) is 24.2 Å². The molecule has 0 unspecified atom stereocenters. The summed E-state index contributed by atoms with van der Waals surface area (Å²) < 4.78 is 48.6. The number of methoxy groups -OCH3 is 1. The minimum Gasteiger partial charge on any atom is -0.497 e. The van der Waals surface area contributed by atoms with Gasteiger partial charge in [0.15, 0.2) is 0 Å². The van der Waals surface area contributed by atoms with Crippen LogP contribution in [-0.2, 0) is 26.2 Å². The van der Waals surface area contributed by atoms with E-state index in [4.69, 9.17) is 4.74 Å². The van der Waals surface area contributed by atoms with Crippen molar-refractivity contribution in [2.24, 2.45) is 5.92 Å². The van der Waals surface area contributed by atoms with E-state index in [1.54, 1.807) is 43.3 Å². The molecule has 2 amide bonds. The molecule has 0 saturated carbocycles. The molecule has 0 bridgehead atoms. The monoisotopic (exact) mass is 569 g/mol. The highest BCUT2D eigenvalue weighted by Gasteiger charge is 2.33. The summed E-state index contributed by atoms with van der Waals surface area (Å²) in [6.07, 6.45) is 0. The Morgan fingerprint density at radius 3 is 2.27 bits per heavy atom. The maximum atomic E-state index is 14.6. The number of carbonyl (C=O) groups excluding carboxylic acids is 2. The SMILES string of the molecule is COc1cccc(N(CC(=O)N(Cc2ccccc2F)[C@H](C)C(=O)NCC(C)C)S(=O)(=O)c2ccc(C)cc2)c1. The van der Waals surface area contributed by atoms with Crippen LogP contribution in [0.2, 0.25) is 0 Å². The number of anilines is 1. The number of hydrogen-bond acceptors (Lipinski definition) is 5. The molecular weight excluding hydrogens is 533 g/mol.